The van der Waals surface area contributed by atoms with Crippen molar-refractivity contribution in [2.45, 2.75) is 38.8 Å². The SMILES string of the molecule is CCn1cc([C@H]2CN(C(=O)NCCC3CCN(C)CC3)CCO2)cn1. The Morgan fingerprint density at radius 2 is 2.16 bits per heavy atom. The Morgan fingerprint density at radius 1 is 1.36 bits per heavy atom. The van der Waals surface area contributed by atoms with E-state index in [0.29, 0.717) is 19.7 Å². The molecule has 1 aromatic rings. The van der Waals surface area contributed by atoms with E-state index < -0.39 is 0 Å². The smallest absolute Gasteiger partial charge is 0.317 e. The second-order valence-electron chi connectivity index (χ2n) is 7.20. The third kappa shape index (κ3) is 4.95. The number of piperidine rings is 1. The average molecular weight is 349 g/mol. The molecular weight excluding hydrogens is 318 g/mol. The van der Waals surface area contributed by atoms with Crippen LogP contribution in [0.3, 0.4) is 0 Å². The van der Waals surface area contributed by atoms with Crippen LogP contribution < -0.4 is 5.32 Å². The van der Waals surface area contributed by atoms with E-state index in [2.05, 4.69) is 29.3 Å². The van der Waals surface area contributed by atoms with Crippen LogP contribution in [0.5, 0.6) is 0 Å². The molecule has 0 bridgehead atoms. The van der Waals surface area contributed by atoms with Gasteiger partial charge >= 0.3 is 6.03 Å². The third-order valence-electron chi connectivity index (χ3n) is 5.37. The van der Waals surface area contributed by atoms with Gasteiger partial charge in [0.05, 0.1) is 19.3 Å². The van der Waals surface area contributed by atoms with Gasteiger partial charge in [-0.25, -0.2) is 4.79 Å². The minimum atomic E-state index is -0.0753. The van der Waals surface area contributed by atoms with E-state index in [1.165, 1.54) is 25.9 Å². The van der Waals surface area contributed by atoms with E-state index >= 15 is 0 Å². The second-order valence-corrected chi connectivity index (χ2v) is 7.20. The highest BCUT2D eigenvalue weighted by Gasteiger charge is 2.26. The standard InChI is InChI=1S/C18H31N5O2/c1-3-23-13-16(12-20-23)17-14-22(10-11-25-17)18(24)19-7-4-15-5-8-21(2)9-6-15/h12-13,15,17H,3-11,14H2,1-2H3,(H,19,24)/t17-/m1/s1. The zero-order valence-corrected chi connectivity index (χ0v) is 15.5. The lowest BCUT2D eigenvalue weighted by Gasteiger charge is -2.33. The normalized spacial score (nSPS) is 23.0. The Balaban J connectivity index is 1.42. The molecular formula is C18H31N5O2. The van der Waals surface area contributed by atoms with Crippen LogP contribution in [0.2, 0.25) is 0 Å². The second kappa shape index (κ2) is 8.67. The Hall–Kier alpha value is -1.60. The van der Waals surface area contributed by atoms with Crippen LogP contribution in [0.25, 0.3) is 0 Å². The number of amides is 2. The van der Waals surface area contributed by atoms with Gasteiger partial charge in [-0.3, -0.25) is 4.68 Å². The number of aromatic nitrogens is 2. The molecule has 2 aliphatic heterocycles. The summed E-state index contributed by atoms with van der Waals surface area (Å²) in [7, 11) is 2.18. The van der Waals surface area contributed by atoms with Crippen molar-refractivity contribution in [2.75, 3.05) is 46.4 Å². The summed E-state index contributed by atoms with van der Waals surface area (Å²) in [5, 5.41) is 7.40. The van der Waals surface area contributed by atoms with Gasteiger partial charge in [0.2, 0.25) is 0 Å². The van der Waals surface area contributed by atoms with Gasteiger partial charge in [-0.05, 0) is 52.2 Å². The summed E-state index contributed by atoms with van der Waals surface area (Å²) in [5.74, 6) is 0.744. The lowest BCUT2D eigenvalue weighted by atomic mass is 9.94. The highest BCUT2D eigenvalue weighted by molar-refractivity contribution is 5.74. The summed E-state index contributed by atoms with van der Waals surface area (Å²) in [6.45, 7) is 7.84. The third-order valence-corrected chi connectivity index (χ3v) is 5.37. The maximum absolute atomic E-state index is 12.5. The Labute approximate surface area is 150 Å². The number of morpholine rings is 1. The fraction of sp³-hybridized carbons (Fsp3) is 0.778. The van der Waals surface area contributed by atoms with Crippen molar-refractivity contribution in [3.8, 4) is 0 Å². The van der Waals surface area contributed by atoms with Gasteiger partial charge in [-0.15, -0.1) is 0 Å². The van der Waals surface area contributed by atoms with E-state index in [1.807, 2.05) is 22.0 Å². The Kier molecular flexibility index (Phi) is 6.31. The number of hydrogen-bond acceptors (Lipinski definition) is 4. The van der Waals surface area contributed by atoms with Crippen LogP contribution in [0.4, 0.5) is 4.79 Å². The number of nitrogens with zero attached hydrogens (tertiary/aromatic N) is 4. The van der Waals surface area contributed by atoms with Gasteiger partial charge in [0.15, 0.2) is 0 Å². The van der Waals surface area contributed by atoms with E-state index in [9.17, 15) is 4.79 Å². The topological polar surface area (TPSA) is 62.6 Å². The highest BCUT2D eigenvalue weighted by atomic mass is 16.5. The van der Waals surface area contributed by atoms with Gasteiger partial charge in [0.1, 0.15) is 6.10 Å². The number of likely N-dealkylation sites (tertiary alicyclic amines) is 1. The monoisotopic (exact) mass is 349 g/mol. The molecule has 7 heteroatoms. The maximum Gasteiger partial charge on any atom is 0.317 e. The molecule has 2 saturated heterocycles. The molecule has 0 radical (unpaired) electrons. The first-order chi connectivity index (χ1) is 12.2. The van der Waals surface area contributed by atoms with Gasteiger partial charge in [0, 0.05) is 31.4 Å². The van der Waals surface area contributed by atoms with Crippen LogP contribution >= 0.6 is 0 Å². The average Bonchev–Trinajstić information content (AvgIpc) is 3.13. The number of aryl methyl sites for hydroxylation is 1. The van der Waals surface area contributed by atoms with Crippen LogP contribution in [0.1, 0.15) is 37.9 Å². The van der Waals surface area contributed by atoms with Crippen LogP contribution in [-0.2, 0) is 11.3 Å². The summed E-state index contributed by atoms with van der Waals surface area (Å²) < 4.78 is 7.72. The quantitative estimate of drug-likeness (QED) is 0.879. The maximum atomic E-state index is 12.5. The number of urea groups is 1. The summed E-state index contributed by atoms with van der Waals surface area (Å²) in [4.78, 5) is 16.7. The predicted octanol–water partition coefficient (Wildman–Crippen LogP) is 1.72. The molecule has 0 aromatic carbocycles. The van der Waals surface area contributed by atoms with Gasteiger partial charge in [0.25, 0.3) is 0 Å². The van der Waals surface area contributed by atoms with Gasteiger partial charge in [-0.1, -0.05) is 0 Å². The molecule has 7 nitrogen and oxygen atoms in total. The Morgan fingerprint density at radius 3 is 2.88 bits per heavy atom. The number of ether oxygens (including phenoxy) is 1. The molecule has 2 aliphatic rings. The van der Waals surface area contributed by atoms with Crippen molar-refractivity contribution in [2.24, 2.45) is 5.92 Å². The fourth-order valence-corrected chi connectivity index (χ4v) is 3.60. The first-order valence-corrected chi connectivity index (χ1v) is 9.51. The van der Waals surface area contributed by atoms with Crippen LogP contribution in [-0.4, -0.2) is 72.0 Å². The van der Waals surface area contributed by atoms with Crippen LogP contribution in [0.15, 0.2) is 12.4 Å². The van der Waals surface area contributed by atoms with Crippen LogP contribution in [0, 0.1) is 5.92 Å². The molecule has 0 saturated carbocycles. The highest BCUT2D eigenvalue weighted by Crippen LogP contribution is 2.22. The zero-order valence-electron chi connectivity index (χ0n) is 15.5. The molecule has 25 heavy (non-hydrogen) atoms. The fourth-order valence-electron chi connectivity index (χ4n) is 3.60. The van der Waals surface area contributed by atoms with Gasteiger partial charge in [-0.2, -0.15) is 5.10 Å². The summed E-state index contributed by atoms with van der Waals surface area (Å²) in [5.41, 5.74) is 1.05. The molecule has 0 aliphatic carbocycles. The summed E-state index contributed by atoms with van der Waals surface area (Å²) in [6.07, 6.45) is 7.34. The minimum absolute atomic E-state index is 0.0316. The molecule has 1 N–H and O–H groups in total. The minimum Gasteiger partial charge on any atom is -0.370 e. The van der Waals surface area contributed by atoms with Crippen molar-refractivity contribution < 1.29 is 9.53 Å². The number of carbonyl (C=O) groups is 1. The van der Waals surface area contributed by atoms with Gasteiger partial charge < -0.3 is 19.9 Å². The van der Waals surface area contributed by atoms with E-state index in [4.69, 9.17) is 4.74 Å². The predicted molar refractivity (Wildman–Crippen MR) is 96.4 cm³/mol. The number of hydrogen-bond donors (Lipinski definition) is 1. The van der Waals surface area contributed by atoms with Crippen molar-refractivity contribution in [3.05, 3.63) is 18.0 Å². The number of carbonyl (C=O) groups excluding carboxylic acids is 1. The molecule has 140 valence electrons. The van der Waals surface area contributed by atoms with Crippen molar-refractivity contribution >= 4 is 6.03 Å². The summed E-state index contributed by atoms with van der Waals surface area (Å²) in [6, 6.07) is 0.0316. The molecule has 1 aromatic heterocycles. The largest absolute Gasteiger partial charge is 0.370 e. The molecule has 3 rings (SSSR count). The first-order valence-electron chi connectivity index (χ1n) is 9.51. The van der Waals surface area contributed by atoms with Crippen molar-refractivity contribution in [1.29, 1.82) is 0 Å². The summed E-state index contributed by atoms with van der Waals surface area (Å²) >= 11 is 0. The van der Waals surface area contributed by atoms with Crippen molar-refractivity contribution in [3.63, 3.8) is 0 Å². The molecule has 0 spiro atoms. The molecule has 3 heterocycles. The van der Waals surface area contributed by atoms with E-state index in [0.717, 1.165) is 31.0 Å². The van der Waals surface area contributed by atoms with E-state index in [-0.39, 0.29) is 12.1 Å². The molecule has 1 atom stereocenters. The number of rotatable bonds is 5. The van der Waals surface area contributed by atoms with E-state index in [1.54, 1.807) is 0 Å². The number of nitrogens with one attached hydrogen (secondary N) is 1. The first kappa shape index (κ1) is 18.2. The lowest BCUT2D eigenvalue weighted by molar-refractivity contribution is -0.0155. The van der Waals surface area contributed by atoms with Crippen molar-refractivity contribution in [1.82, 2.24) is 24.9 Å². The molecule has 2 fully saturated rings. The Bertz CT molecular complexity index is 553. The molecule has 2 amide bonds. The zero-order chi connectivity index (χ0) is 17.6. The lowest BCUT2D eigenvalue weighted by Crippen LogP contribution is -2.47. The molecule has 0 unspecified atom stereocenters.